The lowest BCUT2D eigenvalue weighted by molar-refractivity contribution is 0.0938. The number of halogens is 1. The summed E-state index contributed by atoms with van der Waals surface area (Å²) < 4.78 is 8.27. The summed E-state index contributed by atoms with van der Waals surface area (Å²) in [7, 11) is 1.49. The van der Waals surface area contributed by atoms with Gasteiger partial charge in [0.25, 0.3) is 5.56 Å². The number of H-pyrrole nitrogens is 1. The zero-order chi connectivity index (χ0) is 23.4. The highest BCUT2D eigenvalue weighted by Gasteiger charge is 2.20. The lowest BCUT2D eigenvalue weighted by atomic mass is 10.2. The summed E-state index contributed by atoms with van der Waals surface area (Å²) in [5, 5.41) is 15.3. The van der Waals surface area contributed by atoms with Gasteiger partial charge in [-0.1, -0.05) is 48.0 Å². The zero-order valence-corrected chi connectivity index (χ0v) is 18.4. The second kappa shape index (κ2) is 9.72. The van der Waals surface area contributed by atoms with Gasteiger partial charge in [-0.05, 0) is 18.2 Å². The molecule has 2 aromatic carbocycles. The number of para-hydroxylation sites is 1. The summed E-state index contributed by atoms with van der Waals surface area (Å²) in [6.07, 6.45) is 0.525. The van der Waals surface area contributed by atoms with Gasteiger partial charge in [-0.2, -0.15) is 10.1 Å². The number of imidazole rings is 1. The van der Waals surface area contributed by atoms with E-state index in [0.717, 1.165) is 0 Å². The van der Waals surface area contributed by atoms with Gasteiger partial charge in [-0.15, -0.1) is 0 Å². The molecule has 0 radical (unpaired) electrons. The minimum atomic E-state index is -0.979. The van der Waals surface area contributed by atoms with E-state index in [0.29, 0.717) is 16.3 Å². The van der Waals surface area contributed by atoms with Crippen molar-refractivity contribution in [3.8, 4) is 5.75 Å². The van der Waals surface area contributed by atoms with Crippen molar-refractivity contribution in [3.63, 3.8) is 0 Å². The number of hydrogen-bond donors (Lipinski definition) is 3. The van der Waals surface area contributed by atoms with Crippen LogP contribution in [0.3, 0.4) is 0 Å². The van der Waals surface area contributed by atoms with Crippen molar-refractivity contribution in [2.45, 2.75) is 12.6 Å². The topological polar surface area (TPSA) is 127 Å². The molecule has 0 spiro atoms. The Kier molecular flexibility index (Phi) is 6.57. The summed E-state index contributed by atoms with van der Waals surface area (Å²) in [6.45, 7) is -0.0513. The molecule has 1 unspecified atom stereocenters. The molecule has 2 heterocycles. The molecule has 4 aromatic rings. The van der Waals surface area contributed by atoms with Crippen molar-refractivity contribution in [1.29, 1.82) is 0 Å². The summed E-state index contributed by atoms with van der Waals surface area (Å²) in [4.78, 5) is 31.2. The number of anilines is 1. The maximum atomic E-state index is 12.6. The predicted molar refractivity (Wildman–Crippen MR) is 126 cm³/mol. The normalized spacial score (nSPS) is 12.3. The van der Waals surface area contributed by atoms with Crippen molar-refractivity contribution in [2.75, 3.05) is 12.0 Å². The van der Waals surface area contributed by atoms with Crippen LogP contribution in [0.25, 0.3) is 11.2 Å². The van der Waals surface area contributed by atoms with E-state index in [-0.39, 0.29) is 30.3 Å². The molecule has 4 rings (SSSR count). The fraction of sp³-hybridized carbons (Fsp3) is 0.182. The van der Waals surface area contributed by atoms with E-state index in [1.807, 2.05) is 24.3 Å². The Morgan fingerprint density at radius 2 is 1.94 bits per heavy atom. The smallest absolute Gasteiger partial charge is 0.329 e. The molecule has 0 saturated heterocycles. The molecule has 1 atom stereocenters. The lowest BCUT2D eigenvalue weighted by Gasteiger charge is -2.15. The standard InChI is InChI=1S/C22H21ClN6O4/c1-28-19-18(20(31)26-22(28)32)29(12-15(30)13-33-16-8-3-2-4-9-16)21(25-19)27-24-11-14-7-5-6-10-17(14)23/h2-11,15,30H,12-13H2,1H3,(H,25,27)(H,26,31,32). The predicted octanol–water partition coefficient (Wildman–Crippen LogP) is 1.96. The second-order valence-electron chi connectivity index (χ2n) is 7.21. The second-order valence-corrected chi connectivity index (χ2v) is 7.61. The van der Waals surface area contributed by atoms with E-state index in [9.17, 15) is 14.7 Å². The number of fused-ring (bicyclic) bond motifs is 1. The number of benzene rings is 2. The van der Waals surface area contributed by atoms with Gasteiger partial charge in [-0.3, -0.25) is 14.3 Å². The molecule has 0 amide bonds. The van der Waals surface area contributed by atoms with Crippen LogP contribution in [0.15, 0.2) is 69.3 Å². The van der Waals surface area contributed by atoms with Crippen LogP contribution in [0.4, 0.5) is 5.95 Å². The summed E-state index contributed by atoms with van der Waals surface area (Å²) in [5.74, 6) is 0.772. The Morgan fingerprint density at radius 1 is 1.21 bits per heavy atom. The maximum absolute atomic E-state index is 12.6. The van der Waals surface area contributed by atoms with Crippen molar-refractivity contribution >= 4 is 34.9 Å². The quantitative estimate of drug-likeness (QED) is 0.268. The monoisotopic (exact) mass is 468 g/mol. The molecule has 0 aliphatic carbocycles. The average Bonchev–Trinajstić information content (AvgIpc) is 3.17. The highest BCUT2D eigenvalue weighted by atomic mass is 35.5. The fourth-order valence-corrected chi connectivity index (χ4v) is 3.39. The van der Waals surface area contributed by atoms with Gasteiger partial charge in [0.15, 0.2) is 11.2 Å². The molecular formula is C22H21ClN6O4. The van der Waals surface area contributed by atoms with Crippen molar-refractivity contribution in [3.05, 3.63) is 86.0 Å². The minimum Gasteiger partial charge on any atom is -0.491 e. The minimum absolute atomic E-state index is 0.0182. The van der Waals surface area contributed by atoms with Crippen LogP contribution in [0.5, 0.6) is 5.75 Å². The highest BCUT2D eigenvalue weighted by Crippen LogP contribution is 2.17. The van der Waals surface area contributed by atoms with E-state index < -0.39 is 17.4 Å². The number of nitrogens with one attached hydrogen (secondary N) is 2. The first-order chi connectivity index (χ1) is 15.9. The lowest BCUT2D eigenvalue weighted by Crippen LogP contribution is -2.30. The molecule has 2 aromatic heterocycles. The molecule has 0 aliphatic heterocycles. The third-order valence-corrected chi connectivity index (χ3v) is 5.20. The molecule has 0 aliphatic rings. The number of aliphatic hydroxyl groups excluding tert-OH is 1. The Bertz CT molecular complexity index is 1410. The SMILES string of the molecule is Cn1c(=O)[nH]c(=O)c2c1nc(NN=Cc1ccccc1Cl)n2CC(O)COc1ccccc1. The van der Waals surface area contributed by atoms with Crippen LogP contribution in [-0.4, -0.2) is 43.1 Å². The number of rotatable bonds is 8. The first-order valence-corrected chi connectivity index (χ1v) is 10.4. The number of hydrazone groups is 1. The molecule has 0 saturated carbocycles. The first-order valence-electron chi connectivity index (χ1n) is 10.0. The van der Waals surface area contributed by atoms with Crippen LogP contribution < -0.4 is 21.4 Å². The van der Waals surface area contributed by atoms with E-state index in [1.54, 1.807) is 30.3 Å². The molecule has 3 N–H and O–H groups in total. The molecule has 11 heteroatoms. The van der Waals surface area contributed by atoms with Gasteiger partial charge in [-0.25, -0.2) is 10.2 Å². The maximum Gasteiger partial charge on any atom is 0.329 e. The third-order valence-electron chi connectivity index (χ3n) is 4.86. The van der Waals surface area contributed by atoms with Crippen LogP contribution in [0.2, 0.25) is 5.02 Å². The molecule has 170 valence electrons. The molecule has 0 bridgehead atoms. The summed E-state index contributed by atoms with van der Waals surface area (Å²) in [6, 6.07) is 16.2. The van der Waals surface area contributed by atoms with Gasteiger partial charge in [0.05, 0.1) is 12.8 Å². The number of aromatic nitrogens is 4. The number of hydrogen-bond acceptors (Lipinski definition) is 7. The van der Waals surface area contributed by atoms with Crippen molar-refractivity contribution in [2.24, 2.45) is 12.1 Å². The molecule has 10 nitrogen and oxygen atoms in total. The van der Waals surface area contributed by atoms with Crippen LogP contribution >= 0.6 is 11.6 Å². The highest BCUT2D eigenvalue weighted by molar-refractivity contribution is 6.33. The number of aromatic amines is 1. The van der Waals surface area contributed by atoms with Gasteiger partial charge < -0.3 is 14.4 Å². The molecule has 33 heavy (non-hydrogen) atoms. The van der Waals surface area contributed by atoms with Crippen LogP contribution in [0, 0.1) is 0 Å². The molecule has 0 fully saturated rings. The Balaban J connectivity index is 1.64. The molecular weight excluding hydrogens is 448 g/mol. The Hall–Kier alpha value is -3.89. The van der Waals surface area contributed by atoms with Gasteiger partial charge in [0, 0.05) is 17.6 Å². The average molecular weight is 469 g/mol. The fourth-order valence-electron chi connectivity index (χ4n) is 3.21. The summed E-state index contributed by atoms with van der Waals surface area (Å²) >= 11 is 6.14. The zero-order valence-electron chi connectivity index (χ0n) is 17.6. The van der Waals surface area contributed by atoms with E-state index in [4.69, 9.17) is 16.3 Å². The number of nitrogens with zero attached hydrogens (tertiary/aromatic N) is 4. The number of aliphatic hydroxyl groups is 1. The van der Waals surface area contributed by atoms with Crippen LogP contribution in [0.1, 0.15) is 5.56 Å². The third kappa shape index (κ3) is 4.97. The van der Waals surface area contributed by atoms with Crippen molar-refractivity contribution < 1.29 is 9.84 Å². The first kappa shape index (κ1) is 22.3. The van der Waals surface area contributed by atoms with Gasteiger partial charge in [0.1, 0.15) is 18.5 Å². The van der Waals surface area contributed by atoms with E-state index in [2.05, 4.69) is 20.5 Å². The van der Waals surface area contributed by atoms with Crippen molar-refractivity contribution in [1.82, 2.24) is 19.1 Å². The number of aryl methyl sites for hydroxylation is 1. The Labute approximate surface area is 192 Å². The summed E-state index contributed by atoms with van der Waals surface area (Å²) in [5.41, 5.74) is 2.49. The van der Waals surface area contributed by atoms with E-state index in [1.165, 1.54) is 22.4 Å². The Morgan fingerprint density at radius 3 is 2.70 bits per heavy atom. The van der Waals surface area contributed by atoms with Crippen LogP contribution in [-0.2, 0) is 13.6 Å². The van der Waals surface area contributed by atoms with E-state index >= 15 is 0 Å². The van der Waals surface area contributed by atoms with Gasteiger partial charge in [0.2, 0.25) is 5.95 Å². The largest absolute Gasteiger partial charge is 0.491 e. The number of ether oxygens (including phenoxy) is 1. The van der Waals surface area contributed by atoms with Gasteiger partial charge >= 0.3 is 5.69 Å².